The minimum absolute atomic E-state index is 0.119. The lowest BCUT2D eigenvalue weighted by Gasteiger charge is -2.31. The summed E-state index contributed by atoms with van der Waals surface area (Å²) in [7, 11) is -7.07. The number of hydrogen-bond acceptors (Lipinski definition) is 6. The normalized spacial score (nSPS) is 18.0. The summed E-state index contributed by atoms with van der Waals surface area (Å²) in [5.41, 5.74) is 1.15. The van der Waals surface area contributed by atoms with Crippen LogP contribution in [0.5, 0.6) is 0 Å². The van der Waals surface area contributed by atoms with E-state index in [-0.39, 0.29) is 17.3 Å². The second-order valence-corrected chi connectivity index (χ2v) is 11.8. The standard InChI is InChI=1S/C21H36N4O5S2/c1-6-23(7-2)20-13-12-18(32(29,30)24(8-3)9-4)15-19(20)22-21(26)17-11-10-14-25(16-17)31(5,27)28/h12-13,15,17H,6-11,14,16H2,1-5H3,(H,22,26). The zero-order valence-corrected chi connectivity index (χ0v) is 21.3. The Labute approximate surface area is 192 Å². The van der Waals surface area contributed by atoms with Crippen LogP contribution in [0.3, 0.4) is 0 Å². The first-order chi connectivity index (χ1) is 15.0. The fourth-order valence-electron chi connectivity index (χ4n) is 4.02. The van der Waals surface area contributed by atoms with Gasteiger partial charge >= 0.3 is 0 Å². The molecule has 1 heterocycles. The molecule has 1 unspecified atom stereocenters. The first-order valence-electron chi connectivity index (χ1n) is 11.1. The predicted molar refractivity (Wildman–Crippen MR) is 128 cm³/mol. The first kappa shape index (κ1) is 26.6. The van der Waals surface area contributed by atoms with Gasteiger partial charge in [0.25, 0.3) is 0 Å². The zero-order valence-electron chi connectivity index (χ0n) is 19.7. The molecular weight excluding hydrogens is 452 g/mol. The summed E-state index contributed by atoms with van der Waals surface area (Å²) in [6.07, 6.45) is 2.33. The van der Waals surface area contributed by atoms with Gasteiger partial charge in [0, 0.05) is 39.3 Å². The maximum absolute atomic E-state index is 13.1. The number of piperidine rings is 1. The van der Waals surface area contributed by atoms with Crippen molar-refractivity contribution in [3.05, 3.63) is 18.2 Å². The summed E-state index contributed by atoms with van der Waals surface area (Å²) in [6.45, 7) is 10.1. The molecule has 1 N–H and O–H groups in total. The summed E-state index contributed by atoms with van der Waals surface area (Å²) in [4.78, 5) is 15.2. The molecule has 0 bridgehead atoms. The molecule has 182 valence electrons. The lowest BCUT2D eigenvalue weighted by Crippen LogP contribution is -2.43. The van der Waals surface area contributed by atoms with E-state index in [1.807, 2.05) is 18.7 Å². The molecule has 2 rings (SSSR count). The second kappa shape index (κ2) is 11.0. The number of carbonyl (C=O) groups is 1. The predicted octanol–water partition coefficient (Wildman–Crippen LogP) is 2.17. The van der Waals surface area contributed by atoms with E-state index >= 15 is 0 Å². The average Bonchev–Trinajstić information content (AvgIpc) is 2.75. The van der Waals surface area contributed by atoms with Gasteiger partial charge < -0.3 is 10.2 Å². The molecule has 0 radical (unpaired) electrons. The van der Waals surface area contributed by atoms with Crippen LogP contribution in [0.2, 0.25) is 0 Å². The van der Waals surface area contributed by atoms with E-state index in [0.29, 0.717) is 51.3 Å². The number of amides is 1. The van der Waals surface area contributed by atoms with Crippen molar-refractivity contribution in [3.8, 4) is 0 Å². The Morgan fingerprint density at radius 1 is 1.06 bits per heavy atom. The van der Waals surface area contributed by atoms with Crippen molar-refractivity contribution >= 4 is 37.3 Å². The number of anilines is 2. The Morgan fingerprint density at radius 3 is 2.22 bits per heavy atom. The zero-order chi connectivity index (χ0) is 24.1. The molecule has 1 saturated heterocycles. The number of carbonyl (C=O) groups excluding carboxylic acids is 1. The number of benzene rings is 1. The second-order valence-electron chi connectivity index (χ2n) is 7.89. The molecule has 1 atom stereocenters. The molecule has 1 aromatic carbocycles. The van der Waals surface area contributed by atoms with Crippen LogP contribution < -0.4 is 10.2 Å². The van der Waals surface area contributed by atoms with Crippen molar-refractivity contribution in [2.24, 2.45) is 5.92 Å². The Hall–Kier alpha value is -1.69. The van der Waals surface area contributed by atoms with Crippen LogP contribution in [0.15, 0.2) is 23.1 Å². The third-order valence-corrected chi connectivity index (χ3v) is 9.21. The molecule has 32 heavy (non-hydrogen) atoms. The quantitative estimate of drug-likeness (QED) is 0.541. The molecule has 0 aliphatic carbocycles. The molecule has 1 aromatic rings. The van der Waals surface area contributed by atoms with E-state index in [2.05, 4.69) is 5.32 Å². The van der Waals surface area contributed by atoms with Crippen LogP contribution in [0.25, 0.3) is 0 Å². The van der Waals surface area contributed by atoms with Gasteiger partial charge in [-0.3, -0.25) is 4.79 Å². The lowest BCUT2D eigenvalue weighted by molar-refractivity contribution is -0.120. The van der Waals surface area contributed by atoms with Crippen molar-refractivity contribution in [1.29, 1.82) is 0 Å². The van der Waals surface area contributed by atoms with Gasteiger partial charge in [-0.25, -0.2) is 21.1 Å². The molecule has 1 amide bonds. The number of hydrogen-bond donors (Lipinski definition) is 1. The highest BCUT2D eigenvalue weighted by atomic mass is 32.2. The van der Waals surface area contributed by atoms with Gasteiger partial charge in [-0.15, -0.1) is 0 Å². The number of nitrogens with zero attached hydrogens (tertiary/aromatic N) is 3. The summed E-state index contributed by atoms with van der Waals surface area (Å²) in [6, 6.07) is 4.81. The molecule has 1 fully saturated rings. The highest BCUT2D eigenvalue weighted by Crippen LogP contribution is 2.31. The third kappa shape index (κ3) is 6.00. The van der Waals surface area contributed by atoms with Gasteiger partial charge in [0.05, 0.1) is 28.4 Å². The van der Waals surface area contributed by atoms with E-state index < -0.39 is 26.0 Å². The largest absolute Gasteiger partial charge is 0.370 e. The SMILES string of the molecule is CCN(CC)c1ccc(S(=O)(=O)N(CC)CC)cc1NC(=O)C1CCCN(S(C)(=O)=O)C1. The van der Waals surface area contributed by atoms with E-state index in [0.717, 1.165) is 11.9 Å². The van der Waals surface area contributed by atoms with Gasteiger partial charge in [0.15, 0.2) is 0 Å². The van der Waals surface area contributed by atoms with Gasteiger partial charge in [0.1, 0.15) is 0 Å². The van der Waals surface area contributed by atoms with Crippen LogP contribution in [0, 0.1) is 5.92 Å². The number of nitrogens with one attached hydrogen (secondary N) is 1. The van der Waals surface area contributed by atoms with Crippen molar-refractivity contribution in [2.45, 2.75) is 45.4 Å². The Kier molecular flexibility index (Phi) is 9.09. The topological polar surface area (TPSA) is 107 Å². The minimum Gasteiger partial charge on any atom is -0.370 e. The summed E-state index contributed by atoms with van der Waals surface area (Å²) >= 11 is 0. The van der Waals surface area contributed by atoms with Crippen molar-refractivity contribution < 1.29 is 21.6 Å². The monoisotopic (exact) mass is 488 g/mol. The molecule has 0 spiro atoms. The van der Waals surface area contributed by atoms with Crippen molar-refractivity contribution in [2.75, 3.05) is 55.7 Å². The molecule has 1 aliphatic rings. The summed E-state index contributed by atoms with van der Waals surface area (Å²) < 4.78 is 52.6. The van der Waals surface area contributed by atoms with Crippen molar-refractivity contribution in [1.82, 2.24) is 8.61 Å². The smallest absolute Gasteiger partial charge is 0.243 e. The van der Waals surface area contributed by atoms with Crippen molar-refractivity contribution in [3.63, 3.8) is 0 Å². The highest BCUT2D eigenvalue weighted by Gasteiger charge is 2.31. The molecular formula is C21H36N4O5S2. The molecule has 1 aliphatic heterocycles. The van der Waals surface area contributed by atoms with Gasteiger partial charge in [-0.1, -0.05) is 13.8 Å². The molecule has 9 nitrogen and oxygen atoms in total. The first-order valence-corrected chi connectivity index (χ1v) is 14.4. The average molecular weight is 489 g/mol. The van der Waals surface area contributed by atoms with Crippen LogP contribution >= 0.6 is 0 Å². The van der Waals surface area contributed by atoms with E-state index in [9.17, 15) is 21.6 Å². The van der Waals surface area contributed by atoms with Gasteiger partial charge in [-0.2, -0.15) is 4.31 Å². The summed E-state index contributed by atoms with van der Waals surface area (Å²) in [5.74, 6) is -0.796. The molecule has 0 saturated carbocycles. The lowest BCUT2D eigenvalue weighted by atomic mass is 9.98. The maximum atomic E-state index is 13.1. The van der Waals surface area contributed by atoms with E-state index in [1.165, 1.54) is 14.7 Å². The van der Waals surface area contributed by atoms with Crippen LogP contribution in [0.4, 0.5) is 11.4 Å². The Morgan fingerprint density at radius 2 is 1.69 bits per heavy atom. The fraction of sp³-hybridized carbons (Fsp3) is 0.667. The van der Waals surface area contributed by atoms with Crippen LogP contribution in [-0.2, 0) is 24.8 Å². The highest BCUT2D eigenvalue weighted by molar-refractivity contribution is 7.89. The fourth-order valence-corrected chi connectivity index (χ4v) is 6.42. The van der Waals surface area contributed by atoms with Crippen LogP contribution in [0.1, 0.15) is 40.5 Å². The Balaban J connectivity index is 2.41. The maximum Gasteiger partial charge on any atom is 0.243 e. The van der Waals surface area contributed by atoms with E-state index in [4.69, 9.17) is 0 Å². The van der Waals surface area contributed by atoms with Crippen LogP contribution in [-0.4, -0.2) is 76.9 Å². The van der Waals surface area contributed by atoms with Gasteiger partial charge in [0.2, 0.25) is 26.0 Å². The number of sulfonamides is 2. The molecule has 11 heteroatoms. The number of rotatable bonds is 10. The summed E-state index contributed by atoms with van der Waals surface area (Å²) in [5, 5.41) is 2.90. The van der Waals surface area contributed by atoms with Gasteiger partial charge in [-0.05, 0) is 44.9 Å². The Bertz CT molecular complexity index is 1000. The third-order valence-electron chi connectivity index (χ3n) is 5.90. The molecule has 0 aromatic heterocycles. The van der Waals surface area contributed by atoms with E-state index in [1.54, 1.807) is 26.0 Å². The minimum atomic E-state index is -3.69.